The summed E-state index contributed by atoms with van der Waals surface area (Å²) in [5.41, 5.74) is 3.65. The zero-order valence-corrected chi connectivity index (χ0v) is 16.4. The van der Waals surface area contributed by atoms with Crippen molar-refractivity contribution in [2.45, 2.75) is 52.7 Å². The highest BCUT2D eigenvalue weighted by Crippen LogP contribution is 2.24. The van der Waals surface area contributed by atoms with Gasteiger partial charge in [0.25, 0.3) is 5.91 Å². The number of hydrogen-bond donors (Lipinski definition) is 0. The first-order chi connectivity index (χ1) is 12.5. The van der Waals surface area contributed by atoms with Crippen molar-refractivity contribution in [2.24, 2.45) is 0 Å². The summed E-state index contributed by atoms with van der Waals surface area (Å²) in [7, 11) is 0. The predicted molar refractivity (Wildman–Crippen MR) is 103 cm³/mol. The van der Waals surface area contributed by atoms with Gasteiger partial charge in [-0.25, -0.2) is 4.79 Å². The molecule has 1 aliphatic heterocycles. The van der Waals surface area contributed by atoms with Gasteiger partial charge in [0.15, 0.2) is 6.10 Å². The Morgan fingerprint density at radius 1 is 1.27 bits per heavy atom. The largest absolute Gasteiger partial charge is 0.448 e. The van der Waals surface area contributed by atoms with Crippen LogP contribution in [0.5, 0.6) is 0 Å². The fraction of sp³-hybridized carbons (Fsp3) is 0.429. The Morgan fingerprint density at radius 2 is 2.00 bits per heavy atom. The number of rotatable bonds is 5. The Hall–Kier alpha value is -2.14. The van der Waals surface area contributed by atoms with Crippen molar-refractivity contribution in [3.05, 3.63) is 56.8 Å². The van der Waals surface area contributed by atoms with Crippen molar-refractivity contribution in [1.82, 2.24) is 4.90 Å². The number of carbonyl (C=O) groups excluding carboxylic acids is 2. The highest BCUT2D eigenvalue weighted by atomic mass is 32.1. The number of amides is 1. The lowest BCUT2D eigenvalue weighted by atomic mass is 9.99. The van der Waals surface area contributed by atoms with Gasteiger partial charge in [0.2, 0.25) is 0 Å². The standard InChI is InChI=1S/C21H25NO3S/c1-4-7-17-12-19(26-15(17)3)21(24)25-14(2)20(23)22-11-10-16-8-5-6-9-18(16)13-22/h5-6,8-9,12,14H,4,7,10-11,13H2,1-3H3. The molecular weight excluding hydrogens is 346 g/mol. The van der Waals surface area contributed by atoms with Crippen molar-refractivity contribution in [3.8, 4) is 0 Å². The predicted octanol–water partition coefficient (Wildman–Crippen LogP) is 4.14. The molecule has 0 saturated carbocycles. The molecule has 4 nitrogen and oxygen atoms in total. The smallest absolute Gasteiger partial charge is 0.349 e. The van der Waals surface area contributed by atoms with Gasteiger partial charge in [0.05, 0.1) is 0 Å². The Bertz CT molecular complexity index is 811. The normalized spacial score (nSPS) is 14.7. The topological polar surface area (TPSA) is 46.6 Å². The lowest BCUT2D eigenvalue weighted by molar-refractivity contribution is -0.140. The zero-order chi connectivity index (χ0) is 18.7. The van der Waals surface area contributed by atoms with Crippen LogP contribution in [-0.4, -0.2) is 29.4 Å². The number of carbonyl (C=O) groups is 2. The Balaban J connectivity index is 1.62. The molecule has 5 heteroatoms. The Morgan fingerprint density at radius 3 is 2.73 bits per heavy atom. The van der Waals surface area contributed by atoms with E-state index in [1.54, 1.807) is 11.8 Å². The fourth-order valence-electron chi connectivity index (χ4n) is 3.35. The second-order valence-corrected chi connectivity index (χ2v) is 8.02. The van der Waals surface area contributed by atoms with Crippen LogP contribution in [0.4, 0.5) is 0 Å². The summed E-state index contributed by atoms with van der Waals surface area (Å²) in [4.78, 5) is 28.6. The minimum Gasteiger partial charge on any atom is -0.448 e. The molecule has 0 saturated heterocycles. The molecule has 2 aromatic rings. The number of benzene rings is 1. The lowest BCUT2D eigenvalue weighted by Crippen LogP contribution is -2.42. The Kier molecular flexibility index (Phi) is 5.77. The average Bonchev–Trinajstić information content (AvgIpc) is 3.02. The number of nitrogens with zero attached hydrogens (tertiary/aromatic N) is 1. The molecule has 1 aliphatic rings. The number of ether oxygens (including phenoxy) is 1. The van der Waals surface area contributed by atoms with Crippen LogP contribution in [0.1, 0.15) is 51.5 Å². The van der Waals surface area contributed by atoms with Gasteiger partial charge in [0.1, 0.15) is 4.88 Å². The molecule has 26 heavy (non-hydrogen) atoms. The third-order valence-corrected chi connectivity index (χ3v) is 5.89. The van der Waals surface area contributed by atoms with Crippen LogP contribution in [-0.2, 0) is 28.9 Å². The highest BCUT2D eigenvalue weighted by molar-refractivity contribution is 7.14. The van der Waals surface area contributed by atoms with Crippen LogP contribution >= 0.6 is 11.3 Å². The van der Waals surface area contributed by atoms with Crippen molar-refractivity contribution in [1.29, 1.82) is 0 Å². The second-order valence-electron chi connectivity index (χ2n) is 6.77. The molecule has 0 spiro atoms. The molecule has 0 fully saturated rings. The molecule has 0 radical (unpaired) electrons. The molecule has 2 heterocycles. The van der Waals surface area contributed by atoms with Gasteiger partial charge >= 0.3 is 5.97 Å². The highest BCUT2D eigenvalue weighted by Gasteiger charge is 2.27. The first-order valence-electron chi connectivity index (χ1n) is 9.15. The van der Waals surface area contributed by atoms with Crippen molar-refractivity contribution in [3.63, 3.8) is 0 Å². The first kappa shape index (κ1) is 18.6. The maximum atomic E-state index is 12.7. The summed E-state index contributed by atoms with van der Waals surface area (Å²) in [6.45, 7) is 7.04. The maximum absolute atomic E-state index is 12.7. The zero-order valence-electron chi connectivity index (χ0n) is 15.6. The quantitative estimate of drug-likeness (QED) is 0.742. The average molecular weight is 372 g/mol. The molecule has 0 bridgehead atoms. The van der Waals surface area contributed by atoms with Gasteiger partial charge in [-0.2, -0.15) is 0 Å². The molecule has 0 aliphatic carbocycles. The number of hydrogen-bond acceptors (Lipinski definition) is 4. The van der Waals surface area contributed by atoms with Crippen LogP contribution in [0.25, 0.3) is 0 Å². The molecule has 1 aromatic heterocycles. The van der Waals surface area contributed by atoms with E-state index in [1.807, 2.05) is 25.1 Å². The minimum absolute atomic E-state index is 0.130. The molecule has 0 N–H and O–H groups in total. The molecule has 138 valence electrons. The van der Waals surface area contributed by atoms with E-state index >= 15 is 0 Å². The fourth-order valence-corrected chi connectivity index (χ4v) is 4.30. The molecule has 3 rings (SSSR count). The van der Waals surface area contributed by atoms with Gasteiger partial charge in [-0.15, -0.1) is 11.3 Å². The SMILES string of the molecule is CCCc1cc(C(=O)OC(C)C(=O)N2CCc3ccccc3C2)sc1C. The third-order valence-electron chi connectivity index (χ3n) is 4.82. The van der Waals surface area contributed by atoms with Gasteiger partial charge in [-0.1, -0.05) is 37.6 Å². The third kappa shape index (κ3) is 3.98. The molecule has 1 aromatic carbocycles. The van der Waals surface area contributed by atoms with E-state index in [1.165, 1.54) is 28.0 Å². The number of thiophene rings is 1. The summed E-state index contributed by atoms with van der Waals surface area (Å²) >= 11 is 1.44. The van der Waals surface area contributed by atoms with E-state index in [0.717, 1.165) is 24.1 Å². The van der Waals surface area contributed by atoms with Gasteiger partial charge in [-0.3, -0.25) is 4.79 Å². The number of esters is 1. The van der Waals surface area contributed by atoms with Crippen molar-refractivity contribution < 1.29 is 14.3 Å². The van der Waals surface area contributed by atoms with Gasteiger partial charge < -0.3 is 9.64 Å². The van der Waals surface area contributed by atoms with E-state index in [9.17, 15) is 9.59 Å². The number of fused-ring (bicyclic) bond motifs is 1. The van der Waals surface area contributed by atoms with Crippen LogP contribution in [0.15, 0.2) is 30.3 Å². The van der Waals surface area contributed by atoms with E-state index < -0.39 is 12.1 Å². The lowest BCUT2D eigenvalue weighted by Gasteiger charge is -2.30. The van der Waals surface area contributed by atoms with Crippen molar-refractivity contribution >= 4 is 23.2 Å². The van der Waals surface area contributed by atoms with Crippen LogP contribution < -0.4 is 0 Å². The van der Waals surface area contributed by atoms with E-state index in [4.69, 9.17) is 4.74 Å². The molecule has 1 amide bonds. The molecule has 1 atom stereocenters. The van der Waals surface area contributed by atoms with Crippen LogP contribution in [0.3, 0.4) is 0 Å². The second kappa shape index (κ2) is 8.04. The summed E-state index contributed by atoms with van der Waals surface area (Å²) in [6.07, 6.45) is 2.06. The minimum atomic E-state index is -0.773. The summed E-state index contributed by atoms with van der Waals surface area (Å²) in [5, 5.41) is 0. The molecular formula is C21H25NO3S. The summed E-state index contributed by atoms with van der Waals surface area (Å²) < 4.78 is 5.47. The first-order valence-corrected chi connectivity index (χ1v) is 9.97. The van der Waals surface area contributed by atoms with Crippen LogP contribution in [0.2, 0.25) is 0 Å². The summed E-state index contributed by atoms with van der Waals surface area (Å²) in [6, 6.07) is 10.1. The van der Waals surface area contributed by atoms with Crippen LogP contribution in [0, 0.1) is 6.92 Å². The Labute approximate surface area is 158 Å². The van der Waals surface area contributed by atoms with E-state index in [0.29, 0.717) is 18.0 Å². The van der Waals surface area contributed by atoms with E-state index in [2.05, 4.69) is 19.1 Å². The van der Waals surface area contributed by atoms with Gasteiger partial charge in [-0.05, 0) is 49.4 Å². The van der Waals surface area contributed by atoms with Crippen molar-refractivity contribution in [2.75, 3.05) is 6.54 Å². The summed E-state index contributed by atoms with van der Waals surface area (Å²) in [5.74, 6) is -0.534. The maximum Gasteiger partial charge on any atom is 0.349 e. The number of aryl methyl sites for hydroxylation is 2. The van der Waals surface area contributed by atoms with E-state index in [-0.39, 0.29) is 5.91 Å². The monoisotopic (exact) mass is 371 g/mol. The molecule has 1 unspecified atom stereocenters. The van der Waals surface area contributed by atoms with Gasteiger partial charge in [0, 0.05) is 18.0 Å².